The van der Waals surface area contributed by atoms with Crippen LogP contribution in [0.25, 0.3) is 6.08 Å². The molecule has 4 heteroatoms. The average Bonchev–Trinajstić information content (AvgIpc) is 3.11. The number of hydrogen-bond donors (Lipinski definition) is 0. The molecule has 4 rings (SSSR count). The van der Waals surface area contributed by atoms with Crippen LogP contribution >= 0.6 is 36.3 Å². The normalized spacial score (nSPS) is 23.1. The van der Waals surface area contributed by atoms with Gasteiger partial charge in [0.05, 0.1) is 0 Å². The summed E-state index contributed by atoms with van der Waals surface area (Å²) < 4.78 is 1.78. The SMILES string of the molecule is CCC1=[C]([Hf]([I])[I])C2=CC=CC(=[Si](C)C)C(C)C2=C1C1C(C)=Cc2ccccc21. The summed E-state index contributed by atoms with van der Waals surface area (Å²) in [5, 5.41) is 1.67. The summed E-state index contributed by atoms with van der Waals surface area (Å²) in [6.45, 7) is 12.1. The van der Waals surface area contributed by atoms with Crippen LogP contribution in [0.4, 0.5) is 0 Å². The third kappa shape index (κ3) is 3.86. The Balaban J connectivity index is 2.04. The molecular formula is C25H27HfI2Si. The average molecular weight is 788 g/mol. The third-order valence-electron chi connectivity index (χ3n) is 6.47. The summed E-state index contributed by atoms with van der Waals surface area (Å²) in [5.74, 6) is 0.957. The van der Waals surface area contributed by atoms with E-state index < -0.39 is 21.5 Å². The van der Waals surface area contributed by atoms with Crippen molar-refractivity contribution in [2.75, 3.05) is 0 Å². The summed E-state index contributed by atoms with van der Waals surface area (Å²) in [7, 11) is -0.482. The van der Waals surface area contributed by atoms with Gasteiger partial charge in [0.1, 0.15) is 0 Å². The van der Waals surface area contributed by atoms with Gasteiger partial charge in [-0.1, -0.05) is 0 Å². The molecule has 1 aromatic rings. The van der Waals surface area contributed by atoms with Crippen molar-refractivity contribution < 1.29 is 13.1 Å². The predicted molar refractivity (Wildman–Crippen MR) is 144 cm³/mol. The van der Waals surface area contributed by atoms with Crippen LogP contribution < -0.4 is 0 Å². The summed E-state index contributed by atoms with van der Waals surface area (Å²) in [6, 6.07) is 9.06. The molecule has 149 valence electrons. The fraction of sp³-hybridized carbons (Fsp3) is 0.320. The predicted octanol–water partition coefficient (Wildman–Crippen LogP) is 8.12. The van der Waals surface area contributed by atoms with Gasteiger partial charge in [0.25, 0.3) is 0 Å². The monoisotopic (exact) mass is 789 g/mol. The quantitative estimate of drug-likeness (QED) is 0.215. The maximum atomic E-state index is 2.82. The zero-order valence-electron chi connectivity index (χ0n) is 17.7. The molecule has 0 aliphatic heterocycles. The Bertz CT molecular complexity index is 1060. The van der Waals surface area contributed by atoms with E-state index in [0.29, 0.717) is 11.8 Å². The molecule has 0 bridgehead atoms. The Morgan fingerprint density at radius 2 is 1.83 bits per heavy atom. The minimum atomic E-state index is -1.82. The molecule has 0 saturated carbocycles. The second kappa shape index (κ2) is 9.06. The first-order valence-electron chi connectivity index (χ1n) is 10.4. The first-order chi connectivity index (χ1) is 13.9. The molecule has 0 fully saturated rings. The maximum absolute atomic E-state index is 2.82. The van der Waals surface area contributed by atoms with Crippen LogP contribution in [0, 0.1) is 5.92 Å². The second-order valence-corrected chi connectivity index (χ2v) is 49.2. The fourth-order valence-electron chi connectivity index (χ4n) is 5.30. The van der Waals surface area contributed by atoms with E-state index in [1.54, 1.807) is 30.8 Å². The molecule has 0 N–H and O–H groups in total. The van der Waals surface area contributed by atoms with Gasteiger partial charge in [-0.15, -0.1) is 0 Å². The Morgan fingerprint density at radius 3 is 2.48 bits per heavy atom. The molecule has 0 saturated heterocycles. The molecule has 0 heterocycles. The minimum absolute atomic E-state index is 0.432. The molecular weight excluding hydrogens is 761 g/mol. The van der Waals surface area contributed by atoms with Crippen molar-refractivity contribution in [2.24, 2.45) is 5.92 Å². The van der Waals surface area contributed by atoms with E-state index in [4.69, 9.17) is 0 Å². The van der Waals surface area contributed by atoms with Crippen molar-refractivity contribution in [3.8, 4) is 0 Å². The van der Waals surface area contributed by atoms with Crippen LogP contribution in [-0.4, -0.2) is 13.6 Å². The van der Waals surface area contributed by atoms with Gasteiger partial charge in [0, 0.05) is 0 Å². The van der Waals surface area contributed by atoms with Crippen LogP contribution in [0.1, 0.15) is 44.2 Å². The number of rotatable bonds is 3. The van der Waals surface area contributed by atoms with E-state index in [2.05, 4.69) is 119 Å². The van der Waals surface area contributed by atoms with Crippen molar-refractivity contribution in [1.82, 2.24) is 0 Å². The zero-order valence-corrected chi connectivity index (χ0v) is 26.6. The number of fused-ring (bicyclic) bond motifs is 2. The van der Waals surface area contributed by atoms with Gasteiger partial charge < -0.3 is 0 Å². The molecule has 0 radical (unpaired) electrons. The Kier molecular flexibility index (Phi) is 7.04. The number of halogens is 2. The van der Waals surface area contributed by atoms with E-state index in [0.717, 1.165) is 6.42 Å². The topological polar surface area (TPSA) is 0 Å². The van der Waals surface area contributed by atoms with E-state index in [-0.39, 0.29) is 0 Å². The van der Waals surface area contributed by atoms with Crippen LogP contribution in [-0.2, 0) is 13.1 Å². The molecule has 2 atom stereocenters. The van der Waals surface area contributed by atoms with Crippen LogP contribution in [0.15, 0.2) is 73.7 Å². The van der Waals surface area contributed by atoms with Gasteiger partial charge in [-0.2, -0.15) is 0 Å². The third-order valence-corrected chi connectivity index (χ3v) is 20.5. The summed E-state index contributed by atoms with van der Waals surface area (Å²) in [5.41, 5.74) is 11.1. The zero-order chi connectivity index (χ0) is 20.9. The summed E-state index contributed by atoms with van der Waals surface area (Å²) in [6.07, 6.45) is 10.8. The molecule has 0 amide bonds. The van der Waals surface area contributed by atoms with Gasteiger partial charge in [-0.3, -0.25) is 0 Å². The number of allylic oxidation sites excluding steroid dienone is 9. The van der Waals surface area contributed by atoms with E-state index in [9.17, 15) is 0 Å². The Morgan fingerprint density at radius 1 is 1.10 bits per heavy atom. The molecule has 2 unspecified atom stereocenters. The van der Waals surface area contributed by atoms with Gasteiger partial charge in [-0.05, 0) is 0 Å². The Hall–Kier alpha value is 0.337. The van der Waals surface area contributed by atoms with E-state index >= 15 is 0 Å². The molecule has 3 aliphatic carbocycles. The number of hydrogen-bond acceptors (Lipinski definition) is 0. The fourth-order valence-corrected chi connectivity index (χ4v) is 20.3. The molecule has 3 aliphatic rings. The van der Waals surface area contributed by atoms with Crippen molar-refractivity contribution in [1.29, 1.82) is 0 Å². The van der Waals surface area contributed by atoms with E-state index in [1.807, 2.05) is 0 Å². The molecule has 0 nitrogen and oxygen atoms in total. The molecule has 1 aromatic carbocycles. The molecule has 29 heavy (non-hydrogen) atoms. The van der Waals surface area contributed by atoms with Gasteiger partial charge in [-0.25, -0.2) is 0 Å². The summed E-state index contributed by atoms with van der Waals surface area (Å²) in [4.78, 5) is 0. The van der Waals surface area contributed by atoms with Crippen molar-refractivity contribution in [3.05, 3.63) is 84.8 Å². The van der Waals surface area contributed by atoms with Crippen LogP contribution in [0.3, 0.4) is 0 Å². The van der Waals surface area contributed by atoms with Crippen molar-refractivity contribution in [3.63, 3.8) is 0 Å². The standard InChI is InChI=1S/C25H27Si.Hf.2HI/c1-6-18-15-20-11-9-13-22(26(4)5)17(3)24(20)25(18)23-16(2)14-19-10-7-8-12-21(19)23;;;/h7-14,17,23H,6H2,1-5H3;;2*1H/q;+2;;/p-2. The van der Waals surface area contributed by atoms with Crippen LogP contribution in [0.2, 0.25) is 13.1 Å². The molecule has 0 spiro atoms. The first-order valence-corrected chi connectivity index (χ1v) is 35.0. The van der Waals surface area contributed by atoms with E-state index in [1.165, 1.54) is 16.7 Å². The molecule has 0 aromatic heterocycles. The van der Waals surface area contributed by atoms with Crippen molar-refractivity contribution >= 4 is 55.9 Å². The van der Waals surface area contributed by atoms with Gasteiger partial charge in [0.2, 0.25) is 0 Å². The Labute approximate surface area is 203 Å². The second-order valence-electron chi connectivity index (χ2n) is 8.36. The van der Waals surface area contributed by atoms with Gasteiger partial charge >= 0.3 is 206 Å². The van der Waals surface area contributed by atoms with Crippen molar-refractivity contribution in [2.45, 2.75) is 46.2 Å². The summed E-state index contributed by atoms with van der Waals surface area (Å²) >= 11 is 3.83. The van der Waals surface area contributed by atoms with Gasteiger partial charge in [0.15, 0.2) is 0 Å². The first kappa shape index (κ1) is 22.5. The van der Waals surface area contributed by atoms with Crippen LogP contribution in [0.5, 0.6) is 0 Å². The number of benzene rings is 1.